The lowest BCUT2D eigenvalue weighted by Gasteiger charge is -2.37. The van der Waals surface area contributed by atoms with E-state index in [1.54, 1.807) is 24.3 Å². The highest BCUT2D eigenvalue weighted by atomic mass is 16.4. The van der Waals surface area contributed by atoms with Gasteiger partial charge in [0.05, 0.1) is 6.04 Å². The number of benzene rings is 1. The summed E-state index contributed by atoms with van der Waals surface area (Å²) < 4.78 is 0. The Hall–Kier alpha value is -1.84. The van der Waals surface area contributed by atoms with Gasteiger partial charge in [0.1, 0.15) is 0 Å². The highest BCUT2D eigenvalue weighted by Crippen LogP contribution is 2.25. The third kappa shape index (κ3) is 2.37. The molecule has 96 valence electrons. The topological polar surface area (TPSA) is 57.6 Å². The zero-order valence-electron chi connectivity index (χ0n) is 10.4. The molecular weight excluding hydrogens is 230 g/mol. The smallest absolute Gasteiger partial charge is 0.408 e. The van der Waals surface area contributed by atoms with Crippen LogP contribution >= 0.6 is 0 Å². The summed E-state index contributed by atoms with van der Waals surface area (Å²) in [6.45, 7) is 1.86. The number of nitrogens with zero attached hydrogens (tertiary/aromatic N) is 1. The van der Waals surface area contributed by atoms with Gasteiger partial charge in [0.15, 0.2) is 5.78 Å². The number of ketones is 1. The Morgan fingerprint density at radius 1 is 1.22 bits per heavy atom. The van der Waals surface area contributed by atoms with E-state index >= 15 is 0 Å². The van der Waals surface area contributed by atoms with Crippen LogP contribution in [0.15, 0.2) is 30.3 Å². The Kier molecular flexibility index (Phi) is 3.65. The van der Waals surface area contributed by atoms with Gasteiger partial charge in [-0.1, -0.05) is 30.3 Å². The molecule has 1 heterocycles. The predicted octanol–water partition coefficient (Wildman–Crippen LogP) is 2.79. The predicted molar refractivity (Wildman–Crippen MR) is 67.7 cm³/mol. The van der Waals surface area contributed by atoms with Gasteiger partial charge in [-0.3, -0.25) is 9.69 Å². The number of carboxylic acid groups (broad SMARTS) is 1. The fourth-order valence-corrected chi connectivity index (χ4v) is 2.57. The first kappa shape index (κ1) is 12.6. The van der Waals surface area contributed by atoms with Gasteiger partial charge in [0.2, 0.25) is 0 Å². The van der Waals surface area contributed by atoms with Gasteiger partial charge < -0.3 is 5.11 Å². The maximum Gasteiger partial charge on any atom is 0.408 e. The molecule has 1 aliphatic rings. The van der Waals surface area contributed by atoms with E-state index in [1.807, 2.05) is 13.0 Å². The normalized spacial score (nSPS) is 23.7. The second kappa shape index (κ2) is 5.21. The number of rotatable bonds is 2. The monoisotopic (exact) mass is 247 g/mol. The molecule has 0 aliphatic carbocycles. The molecule has 0 radical (unpaired) electrons. The summed E-state index contributed by atoms with van der Waals surface area (Å²) in [5.41, 5.74) is 0.586. The molecule has 0 unspecified atom stereocenters. The molecule has 0 aromatic heterocycles. The van der Waals surface area contributed by atoms with Crippen molar-refractivity contribution in [2.75, 3.05) is 0 Å². The van der Waals surface area contributed by atoms with Crippen LogP contribution < -0.4 is 0 Å². The molecule has 1 aliphatic heterocycles. The zero-order chi connectivity index (χ0) is 13.1. The van der Waals surface area contributed by atoms with E-state index in [-0.39, 0.29) is 11.8 Å². The van der Waals surface area contributed by atoms with Crippen LogP contribution in [0.25, 0.3) is 0 Å². The Bertz CT molecular complexity index is 444. The molecule has 0 bridgehead atoms. The summed E-state index contributed by atoms with van der Waals surface area (Å²) in [6.07, 6.45) is 1.33. The van der Waals surface area contributed by atoms with Crippen molar-refractivity contribution in [3.8, 4) is 0 Å². The number of Topliss-reactive ketones (excluding diaryl/α,β-unsaturated/α-hetero) is 1. The molecule has 1 aromatic rings. The molecule has 1 amide bonds. The third-order valence-electron chi connectivity index (χ3n) is 3.49. The molecule has 1 saturated heterocycles. The van der Waals surface area contributed by atoms with Crippen LogP contribution in [0, 0.1) is 0 Å². The van der Waals surface area contributed by atoms with E-state index < -0.39 is 12.1 Å². The molecule has 18 heavy (non-hydrogen) atoms. The Morgan fingerprint density at radius 3 is 2.50 bits per heavy atom. The average molecular weight is 247 g/mol. The number of carbonyl (C=O) groups excluding carboxylic acids is 1. The molecule has 1 fully saturated rings. The van der Waals surface area contributed by atoms with Crippen molar-refractivity contribution >= 4 is 11.9 Å². The van der Waals surface area contributed by atoms with E-state index in [9.17, 15) is 14.7 Å². The second-order valence-corrected chi connectivity index (χ2v) is 4.72. The van der Waals surface area contributed by atoms with Crippen molar-refractivity contribution in [3.05, 3.63) is 35.9 Å². The van der Waals surface area contributed by atoms with Crippen LogP contribution in [0.4, 0.5) is 4.79 Å². The average Bonchev–Trinajstić information content (AvgIpc) is 2.38. The van der Waals surface area contributed by atoms with Gasteiger partial charge in [0, 0.05) is 11.6 Å². The lowest BCUT2D eigenvalue weighted by molar-refractivity contribution is 0.0583. The molecule has 2 atom stereocenters. The molecule has 0 spiro atoms. The van der Waals surface area contributed by atoms with E-state index in [1.165, 1.54) is 4.90 Å². The quantitative estimate of drug-likeness (QED) is 0.817. The Morgan fingerprint density at radius 2 is 1.89 bits per heavy atom. The highest BCUT2D eigenvalue weighted by molar-refractivity contribution is 6.01. The first-order valence-electron chi connectivity index (χ1n) is 6.22. The van der Waals surface area contributed by atoms with Crippen molar-refractivity contribution in [1.29, 1.82) is 0 Å². The first-order valence-corrected chi connectivity index (χ1v) is 6.22. The summed E-state index contributed by atoms with van der Waals surface area (Å²) in [5, 5.41) is 9.25. The van der Waals surface area contributed by atoms with Crippen molar-refractivity contribution in [1.82, 2.24) is 4.90 Å². The first-order chi connectivity index (χ1) is 8.61. The third-order valence-corrected chi connectivity index (χ3v) is 3.49. The minimum atomic E-state index is -1.00. The largest absolute Gasteiger partial charge is 0.465 e. The summed E-state index contributed by atoms with van der Waals surface area (Å²) >= 11 is 0. The molecule has 1 N–H and O–H groups in total. The maximum absolute atomic E-state index is 12.4. The van der Waals surface area contributed by atoms with Crippen LogP contribution in [-0.2, 0) is 0 Å². The summed E-state index contributed by atoms with van der Waals surface area (Å²) in [4.78, 5) is 24.9. The lowest BCUT2D eigenvalue weighted by atomic mass is 9.91. The van der Waals surface area contributed by atoms with Crippen LogP contribution in [0.5, 0.6) is 0 Å². The molecule has 4 nitrogen and oxygen atoms in total. The van der Waals surface area contributed by atoms with Gasteiger partial charge in [-0.05, 0) is 26.2 Å². The van der Waals surface area contributed by atoms with Crippen molar-refractivity contribution in [3.63, 3.8) is 0 Å². The fourth-order valence-electron chi connectivity index (χ4n) is 2.57. The molecule has 1 aromatic carbocycles. The Labute approximate surface area is 106 Å². The van der Waals surface area contributed by atoms with E-state index in [0.29, 0.717) is 12.0 Å². The maximum atomic E-state index is 12.4. The van der Waals surface area contributed by atoms with E-state index in [0.717, 1.165) is 12.8 Å². The summed E-state index contributed by atoms with van der Waals surface area (Å²) in [5.74, 6) is -0.0930. The second-order valence-electron chi connectivity index (χ2n) is 4.72. The number of hydrogen-bond acceptors (Lipinski definition) is 2. The fraction of sp³-hybridized carbons (Fsp3) is 0.429. The number of likely N-dealkylation sites (tertiary alicyclic amines) is 1. The molecule has 4 heteroatoms. The standard InChI is InChI=1S/C14H17NO3/c1-10-6-5-9-12(15(10)14(17)18)13(16)11-7-3-2-4-8-11/h2-4,7-8,10,12H,5-6,9H2,1H3,(H,17,18)/t10-,12-/m0/s1. The van der Waals surface area contributed by atoms with Crippen LogP contribution in [0.1, 0.15) is 36.5 Å². The van der Waals surface area contributed by atoms with Gasteiger partial charge in [-0.25, -0.2) is 4.79 Å². The number of carbonyl (C=O) groups is 2. The minimum Gasteiger partial charge on any atom is -0.465 e. The van der Waals surface area contributed by atoms with Crippen LogP contribution in [0.3, 0.4) is 0 Å². The molecule has 2 rings (SSSR count). The van der Waals surface area contributed by atoms with Gasteiger partial charge in [-0.15, -0.1) is 0 Å². The number of amides is 1. The van der Waals surface area contributed by atoms with Crippen molar-refractivity contribution < 1.29 is 14.7 Å². The van der Waals surface area contributed by atoms with E-state index in [4.69, 9.17) is 0 Å². The molecular formula is C14H17NO3. The van der Waals surface area contributed by atoms with Crippen LogP contribution in [-0.4, -0.2) is 34.0 Å². The van der Waals surface area contributed by atoms with Crippen molar-refractivity contribution in [2.24, 2.45) is 0 Å². The zero-order valence-corrected chi connectivity index (χ0v) is 10.4. The number of hydrogen-bond donors (Lipinski definition) is 1. The summed E-state index contributed by atoms with van der Waals surface area (Å²) in [6, 6.07) is 8.29. The summed E-state index contributed by atoms with van der Waals surface area (Å²) in [7, 11) is 0. The number of piperidine rings is 1. The lowest BCUT2D eigenvalue weighted by Crippen LogP contribution is -2.51. The SMILES string of the molecule is C[C@H]1CCC[C@@H](C(=O)c2ccccc2)N1C(=O)O. The van der Waals surface area contributed by atoms with Gasteiger partial charge in [0.25, 0.3) is 0 Å². The van der Waals surface area contributed by atoms with Crippen LogP contribution in [0.2, 0.25) is 0 Å². The van der Waals surface area contributed by atoms with E-state index in [2.05, 4.69) is 0 Å². The van der Waals surface area contributed by atoms with Gasteiger partial charge >= 0.3 is 6.09 Å². The Balaban J connectivity index is 2.25. The van der Waals surface area contributed by atoms with Gasteiger partial charge in [-0.2, -0.15) is 0 Å². The minimum absolute atomic E-state index is 0.0890. The molecule has 0 saturated carbocycles. The highest BCUT2D eigenvalue weighted by Gasteiger charge is 2.36. The van der Waals surface area contributed by atoms with Crippen molar-refractivity contribution in [2.45, 2.75) is 38.3 Å².